The first-order valence-electron chi connectivity index (χ1n) is 17.5. The van der Waals surface area contributed by atoms with Crippen molar-refractivity contribution in [2.45, 2.75) is 29.5 Å². The van der Waals surface area contributed by atoms with E-state index in [9.17, 15) is 14.4 Å². The molecule has 3 heterocycles. The fourth-order valence-electron chi connectivity index (χ4n) is 6.96. The molecule has 11 heteroatoms. The van der Waals surface area contributed by atoms with Crippen molar-refractivity contribution in [1.29, 1.82) is 0 Å². The highest BCUT2D eigenvalue weighted by Gasteiger charge is 2.53. The van der Waals surface area contributed by atoms with Crippen LogP contribution in [0.15, 0.2) is 163 Å². The fourth-order valence-corrected chi connectivity index (χ4v) is 8.95. The number of carbonyl (C=O) groups is 3. The van der Waals surface area contributed by atoms with Crippen molar-refractivity contribution in [2.24, 2.45) is 0 Å². The van der Waals surface area contributed by atoms with Crippen molar-refractivity contribution in [2.75, 3.05) is 11.1 Å². The molecule has 2 N–H and O–H groups in total. The molecular formula is C43H35N5O4S2. The molecule has 0 radical (unpaired) electrons. The number of nitrogens with one attached hydrogen (secondary N) is 2. The standard InChI is InChI=1S/C43H35N5O4S2/c49-35(28-36-46-47-42(54-36)45-43(31-20-10-3-11-21-31,32-22-12-4-13-23-32)33-24-14-5-15-25-33)44-37-39(50)48-34(26-27-53-40(37)48)41(51)52-38(29-16-6-1-7-17-29)30-18-8-2-9-19-30/h1-26,37-38,40H,27-28H2,(H,44,49)(H,45,47)/t37?,40-/m0/s1. The fraction of sp³-hybridized carbons (Fsp3) is 0.140. The molecule has 0 saturated carbocycles. The number of fused-ring (bicyclic) bond motifs is 1. The van der Waals surface area contributed by atoms with E-state index in [0.717, 1.165) is 27.8 Å². The van der Waals surface area contributed by atoms with Crippen molar-refractivity contribution in [3.05, 3.63) is 196 Å². The van der Waals surface area contributed by atoms with Crippen molar-refractivity contribution in [3.63, 3.8) is 0 Å². The van der Waals surface area contributed by atoms with Gasteiger partial charge in [-0.15, -0.1) is 22.0 Å². The van der Waals surface area contributed by atoms with Gasteiger partial charge in [-0.05, 0) is 33.9 Å². The van der Waals surface area contributed by atoms with Crippen molar-refractivity contribution in [3.8, 4) is 0 Å². The molecule has 1 fully saturated rings. The van der Waals surface area contributed by atoms with Crippen LogP contribution in [0.3, 0.4) is 0 Å². The Labute approximate surface area is 321 Å². The van der Waals surface area contributed by atoms with Gasteiger partial charge >= 0.3 is 5.97 Å². The number of amides is 2. The van der Waals surface area contributed by atoms with Crippen LogP contribution in [0.2, 0.25) is 0 Å². The average Bonchev–Trinajstić information content (AvgIpc) is 3.68. The predicted octanol–water partition coefficient (Wildman–Crippen LogP) is 7.10. The molecule has 0 aliphatic carbocycles. The summed E-state index contributed by atoms with van der Waals surface area (Å²) in [7, 11) is 0. The average molecular weight is 750 g/mol. The van der Waals surface area contributed by atoms with Crippen LogP contribution >= 0.6 is 23.1 Å². The lowest BCUT2D eigenvalue weighted by atomic mass is 9.77. The number of hydrogen-bond acceptors (Lipinski definition) is 9. The minimum absolute atomic E-state index is 0.0594. The third kappa shape index (κ3) is 6.91. The molecule has 2 aliphatic heterocycles. The third-order valence-corrected chi connectivity index (χ3v) is 11.5. The molecule has 1 aromatic heterocycles. The Morgan fingerprint density at radius 2 is 1.24 bits per heavy atom. The van der Waals surface area contributed by atoms with Crippen molar-refractivity contribution in [1.82, 2.24) is 20.4 Å². The number of nitrogens with zero attached hydrogens (tertiary/aromatic N) is 3. The Balaban J connectivity index is 0.956. The van der Waals surface area contributed by atoms with Gasteiger partial charge in [0.1, 0.15) is 27.7 Å². The summed E-state index contributed by atoms with van der Waals surface area (Å²) in [6, 6.07) is 48.7. The lowest BCUT2D eigenvalue weighted by Gasteiger charge is -2.48. The highest BCUT2D eigenvalue weighted by Crippen LogP contribution is 2.41. The smallest absolute Gasteiger partial charge is 0.355 e. The minimum atomic E-state index is -0.794. The highest BCUT2D eigenvalue weighted by molar-refractivity contribution is 8.00. The number of thioether (sulfide) groups is 1. The summed E-state index contributed by atoms with van der Waals surface area (Å²) in [6.45, 7) is 0. The Morgan fingerprint density at radius 1 is 0.741 bits per heavy atom. The molecule has 2 aliphatic rings. The van der Waals surface area contributed by atoms with Crippen LogP contribution in [-0.2, 0) is 31.1 Å². The van der Waals surface area contributed by atoms with E-state index in [-0.39, 0.29) is 23.9 Å². The van der Waals surface area contributed by atoms with E-state index >= 15 is 0 Å². The maximum Gasteiger partial charge on any atom is 0.355 e. The lowest BCUT2D eigenvalue weighted by Crippen LogP contribution is -2.70. The number of carbonyl (C=O) groups excluding carboxylic acids is 3. The second-order valence-electron chi connectivity index (χ2n) is 12.8. The molecular weight excluding hydrogens is 715 g/mol. The summed E-state index contributed by atoms with van der Waals surface area (Å²) in [6.07, 6.45) is 1.00. The SMILES string of the molecule is O=C(Cc1nnc(NC(c2ccccc2)(c2ccccc2)c2ccccc2)s1)NC1C(=O)N2C(C(=O)OC(c3ccccc3)c3ccccc3)=CCS[C@@H]12. The molecule has 2 amide bonds. The van der Waals surface area contributed by atoms with E-state index in [1.54, 1.807) is 6.08 Å². The molecule has 8 rings (SSSR count). The number of anilines is 1. The molecule has 54 heavy (non-hydrogen) atoms. The molecule has 268 valence electrons. The Morgan fingerprint density at radius 3 is 1.76 bits per heavy atom. The van der Waals surface area contributed by atoms with Gasteiger partial charge in [0.15, 0.2) is 6.10 Å². The second-order valence-corrected chi connectivity index (χ2v) is 15.0. The van der Waals surface area contributed by atoms with E-state index in [1.165, 1.54) is 28.0 Å². The minimum Gasteiger partial charge on any atom is -0.448 e. The van der Waals surface area contributed by atoms with Crippen molar-refractivity contribution >= 4 is 46.0 Å². The number of ether oxygens (including phenoxy) is 1. The van der Waals surface area contributed by atoms with Gasteiger partial charge < -0.3 is 15.4 Å². The van der Waals surface area contributed by atoms with Gasteiger partial charge in [0.25, 0.3) is 5.91 Å². The number of β-lactam (4-membered cyclic amide) rings is 1. The van der Waals surface area contributed by atoms with E-state index in [4.69, 9.17) is 4.74 Å². The zero-order valence-corrected chi connectivity index (χ0v) is 30.6. The Kier molecular flexibility index (Phi) is 10.1. The van der Waals surface area contributed by atoms with Crippen LogP contribution in [0.1, 0.15) is 38.9 Å². The summed E-state index contributed by atoms with van der Waals surface area (Å²) < 4.78 is 6.06. The maximum atomic E-state index is 13.6. The van der Waals surface area contributed by atoms with Gasteiger partial charge in [0.05, 0.1) is 6.42 Å². The third-order valence-electron chi connectivity index (χ3n) is 9.49. The monoisotopic (exact) mass is 749 g/mol. The van der Waals surface area contributed by atoms with Gasteiger partial charge in [-0.3, -0.25) is 14.5 Å². The van der Waals surface area contributed by atoms with Gasteiger partial charge in [-0.2, -0.15) is 0 Å². The van der Waals surface area contributed by atoms with E-state index in [2.05, 4.69) is 57.2 Å². The van der Waals surface area contributed by atoms with E-state index in [1.807, 2.05) is 115 Å². The quantitative estimate of drug-likeness (QED) is 0.0775. The van der Waals surface area contributed by atoms with Gasteiger partial charge in [0, 0.05) is 5.75 Å². The highest BCUT2D eigenvalue weighted by atomic mass is 32.2. The summed E-state index contributed by atoms with van der Waals surface area (Å²) in [5.41, 5.74) is 4.08. The molecule has 1 saturated heterocycles. The van der Waals surface area contributed by atoms with Crippen LogP contribution < -0.4 is 10.6 Å². The summed E-state index contributed by atoms with van der Waals surface area (Å²) in [5.74, 6) is -0.826. The van der Waals surface area contributed by atoms with Crippen LogP contribution in [0.4, 0.5) is 5.13 Å². The van der Waals surface area contributed by atoms with Gasteiger partial charge in [0.2, 0.25) is 11.0 Å². The van der Waals surface area contributed by atoms with Crippen LogP contribution in [0.5, 0.6) is 0 Å². The molecule has 1 unspecified atom stereocenters. The van der Waals surface area contributed by atoms with Crippen molar-refractivity contribution < 1.29 is 19.1 Å². The van der Waals surface area contributed by atoms with Crippen LogP contribution in [0.25, 0.3) is 0 Å². The number of aromatic nitrogens is 2. The first-order chi connectivity index (χ1) is 26.5. The molecule has 0 bridgehead atoms. The zero-order chi connectivity index (χ0) is 36.9. The summed E-state index contributed by atoms with van der Waals surface area (Å²) in [5, 5.41) is 16.0. The first-order valence-corrected chi connectivity index (χ1v) is 19.4. The van der Waals surface area contributed by atoms with E-state index in [0.29, 0.717) is 15.9 Å². The maximum absolute atomic E-state index is 13.6. The Bertz CT molecular complexity index is 2140. The number of rotatable bonds is 12. The lowest BCUT2D eigenvalue weighted by molar-refractivity contribution is -0.154. The topological polar surface area (TPSA) is 114 Å². The molecule has 5 aromatic carbocycles. The number of benzene rings is 5. The molecule has 0 spiro atoms. The van der Waals surface area contributed by atoms with Crippen LogP contribution in [-0.4, -0.2) is 50.0 Å². The molecule has 9 nitrogen and oxygen atoms in total. The van der Waals surface area contributed by atoms with Gasteiger partial charge in [-0.25, -0.2) is 4.79 Å². The first kappa shape index (κ1) is 35.0. The summed E-state index contributed by atoms with van der Waals surface area (Å²) in [4.78, 5) is 42.0. The largest absolute Gasteiger partial charge is 0.448 e. The zero-order valence-electron chi connectivity index (χ0n) is 28.9. The summed E-state index contributed by atoms with van der Waals surface area (Å²) >= 11 is 2.77. The molecule has 2 atom stereocenters. The van der Waals surface area contributed by atoms with Crippen LogP contribution in [0, 0.1) is 0 Å². The normalized spacial score (nSPS) is 16.5. The van der Waals surface area contributed by atoms with E-state index < -0.39 is 29.0 Å². The number of hydrogen-bond donors (Lipinski definition) is 2. The Hall–Kier alpha value is -6.04. The predicted molar refractivity (Wildman–Crippen MR) is 210 cm³/mol. The van der Waals surface area contributed by atoms with Gasteiger partial charge in [-0.1, -0.05) is 163 Å². The second kappa shape index (κ2) is 15.5. The number of esters is 1. The molecule has 6 aromatic rings.